The quantitative estimate of drug-likeness (QED) is 0.546. The van der Waals surface area contributed by atoms with E-state index in [1.165, 1.54) is 0 Å². The lowest BCUT2D eigenvalue weighted by Gasteiger charge is -1.84. The summed E-state index contributed by atoms with van der Waals surface area (Å²) in [4.78, 5) is 4.18. The second-order valence-corrected chi connectivity index (χ2v) is 2.89. The summed E-state index contributed by atoms with van der Waals surface area (Å²) in [5.41, 5.74) is 0.794. The number of rotatable bonds is 0. The maximum absolute atomic E-state index is 5.78. The molecule has 0 radical (unpaired) electrons. The van der Waals surface area contributed by atoms with Gasteiger partial charge in [0.1, 0.15) is 0 Å². The van der Waals surface area contributed by atoms with Crippen molar-refractivity contribution in [3.8, 4) is 0 Å². The highest BCUT2D eigenvalue weighted by atomic mass is 35.5. The van der Waals surface area contributed by atoms with Crippen LogP contribution >= 0.6 is 11.6 Å². The molecule has 0 spiro atoms. The first-order chi connectivity index (χ1) is 5.25. The molecule has 0 saturated heterocycles. The van der Waals surface area contributed by atoms with Gasteiger partial charge in [0.15, 0.2) is 0 Å². The lowest BCUT2D eigenvalue weighted by molar-refractivity contribution is 1.33. The lowest BCUT2D eigenvalue weighted by atomic mass is 10.3. The number of hydrogen-bond acceptors (Lipinski definition) is 1. The van der Waals surface area contributed by atoms with Gasteiger partial charge in [0, 0.05) is 10.2 Å². The van der Waals surface area contributed by atoms with Crippen molar-refractivity contribution in [3.05, 3.63) is 46.1 Å². The summed E-state index contributed by atoms with van der Waals surface area (Å²) in [6.07, 6.45) is 1.92. The van der Waals surface area contributed by atoms with E-state index in [9.17, 15) is 0 Å². The molecule has 2 heteroatoms. The monoisotopic (exact) mass is 163 g/mol. The van der Waals surface area contributed by atoms with Crippen LogP contribution in [0.15, 0.2) is 35.5 Å². The summed E-state index contributed by atoms with van der Waals surface area (Å²) in [6.45, 7) is 3.73. The molecule has 0 atom stereocenters. The molecule has 0 aliphatic carbocycles. The van der Waals surface area contributed by atoms with E-state index < -0.39 is 0 Å². The van der Waals surface area contributed by atoms with Gasteiger partial charge in [-0.3, -0.25) is 0 Å². The van der Waals surface area contributed by atoms with Gasteiger partial charge in [0.2, 0.25) is 0 Å². The maximum atomic E-state index is 5.78. The van der Waals surface area contributed by atoms with Crippen molar-refractivity contribution < 1.29 is 0 Å². The van der Waals surface area contributed by atoms with Crippen molar-refractivity contribution in [3.63, 3.8) is 0 Å². The van der Waals surface area contributed by atoms with E-state index in [4.69, 9.17) is 11.6 Å². The van der Waals surface area contributed by atoms with Gasteiger partial charge in [0.05, 0.1) is 11.1 Å². The molecular formula is C9H6ClN. The third-order valence-electron chi connectivity index (χ3n) is 1.58. The Labute approximate surface area is 69.3 Å². The normalized spacial score (nSPS) is 13.7. The molecule has 1 aromatic carbocycles. The lowest BCUT2D eigenvalue weighted by Crippen LogP contribution is -2.20. The number of fused-ring (bicyclic) bond motifs is 1. The van der Waals surface area contributed by atoms with Crippen LogP contribution < -0.4 is 10.6 Å². The Kier molecular flexibility index (Phi) is 1.33. The van der Waals surface area contributed by atoms with Crippen LogP contribution in [0.4, 0.5) is 0 Å². The fourth-order valence-electron chi connectivity index (χ4n) is 1.11. The van der Waals surface area contributed by atoms with Crippen LogP contribution in [0.2, 0.25) is 5.02 Å². The van der Waals surface area contributed by atoms with E-state index in [-0.39, 0.29) is 0 Å². The average Bonchev–Trinajstić information content (AvgIpc) is 2.27. The van der Waals surface area contributed by atoms with Crippen molar-refractivity contribution in [2.45, 2.75) is 0 Å². The Balaban J connectivity index is 2.89. The molecule has 0 saturated carbocycles. The predicted molar refractivity (Wildman–Crippen MR) is 45.8 cm³/mol. The van der Waals surface area contributed by atoms with E-state index in [2.05, 4.69) is 11.6 Å². The second-order valence-electron chi connectivity index (χ2n) is 2.45. The topological polar surface area (TPSA) is 12.4 Å². The summed E-state index contributed by atoms with van der Waals surface area (Å²) in [7, 11) is 0. The zero-order chi connectivity index (χ0) is 7.84. The van der Waals surface area contributed by atoms with Crippen molar-refractivity contribution in [2.75, 3.05) is 0 Å². The van der Waals surface area contributed by atoms with Crippen LogP contribution in [0.1, 0.15) is 0 Å². The van der Waals surface area contributed by atoms with Crippen LogP contribution in [0.3, 0.4) is 0 Å². The Morgan fingerprint density at radius 2 is 2.18 bits per heavy atom. The molecule has 11 heavy (non-hydrogen) atoms. The van der Waals surface area contributed by atoms with E-state index in [1.807, 2.05) is 24.3 Å². The Hall–Kier alpha value is -1.08. The SMILES string of the molecule is C=C1C=c2cc(Cl)ccc2=N1. The summed E-state index contributed by atoms with van der Waals surface area (Å²) in [5.74, 6) is 0. The van der Waals surface area contributed by atoms with Crippen molar-refractivity contribution in [2.24, 2.45) is 4.99 Å². The summed E-state index contributed by atoms with van der Waals surface area (Å²) in [6, 6.07) is 5.61. The molecule has 0 amide bonds. The smallest absolute Gasteiger partial charge is 0.0710 e. The molecular weight excluding hydrogens is 158 g/mol. The maximum Gasteiger partial charge on any atom is 0.0710 e. The number of hydrogen-bond donors (Lipinski definition) is 0. The van der Waals surface area contributed by atoms with Gasteiger partial charge in [-0.1, -0.05) is 18.2 Å². The van der Waals surface area contributed by atoms with Gasteiger partial charge >= 0.3 is 0 Å². The van der Waals surface area contributed by atoms with E-state index in [0.717, 1.165) is 21.3 Å². The number of allylic oxidation sites excluding steroid dienone is 1. The highest BCUT2D eigenvalue weighted by molar-refractivity contribution is 6.30. The zero-order valence-electron chi connectivity index (χ0n) is 5.84. The van der Waals surface area contributed by atoms with Gasteiger partial charge in [-0.15, -0.1) is 0 Å². The Bertz CT molecular complexity index is 431. The minimum Gasteiger partial charge on any atom is -0.249 e. The molecule has 0 fully saturated rings. The van der Waals surface area contributed by atoms with Crippen LogP contribution in [-0.4, -0.2) is 0 Å². The van der Waals surface area contributed by atoms with Crippen LogP contribution in [0, 0.1) is 0 Å². The highest BCUT2D eigenvalue weighted by Gasteiger charge is 1.97. The number of halogens is 1. The minimum absolute atomic E-state index is 0.741. The Morgan fingerprint density at radius 1 is 1.36 bits per heavy atom. The molecule has 1 aromatic rings. The van der Waals surface area contributed by atoms with Crippen LogP contribution in [0.25, 0.3) is 6.08 Å². The minimum atomic E-state index is 0.741. The molecule has 1 aliphatic heterocycles. The third-order valence-corrected chi connectivity index (χ3v) is 1.81. The van der Waals surface area contributed by atoms with E-state index in [0.29, 0.717) is 0 Å². The largest absolute Gasteiger partial charge is 0.249 e. The molecule has 0 bridgehead atoms. The molecule has 2 rings (SSSR count). The third kappa shape index (κ3) is 1.08. The molecule has 1 heterocycles. The van der Waals surface area contributed by atoms with Crippen molar-refractivity contribution in [1.82, 2.24) is 0 Å². The first-order valence-electron chi connectivity index (χ1n) is 3.31. The average molecular weight is 164 g/mol. The predicted octanol–water partition coefficient (Wildman–Crippen LogP) is 1.27. The standard InChI is InChI=1S/C9H6ClN/c1-6-4-7-5-8(10)2-3-9(7)11-6/h2-5H,1H2. The fraction of sp³-hybridized carbons (Fsp3) is 0. The summed E-state index contributed by atoms with van der Waals surface area (Å²) >= 11 is 5.78. The van der Waals surface area contributed by atoms with Gasteiger partial charge in [0.25, 0.3) is 0 Å². The number of nitrogens with zero attached hydrogens (tertiary/aromatic N) is 1. The highest BCUT2D eigenvalue weighted by Crippen LogP contribution is 2.03. The van der Waals surface area contributed by atoms with Crippen molar-refractivity contribution >= 4 is 17.7 Å². The van der Waals surface area contributed by atoms with E-state index >= 15 is 0 Å². The summed E-state index contributed by atoms with van der Waals surface area (Å²) in [5, 5.41) is 2.76. The van der Waals surface area contributed by atoms with Gasteiger partial charge in [-0.25, -0.2) is 4.99 Å². The van der Waals surface area contributed by atoms with Gasteiger partial charge < -0.3 is 0 Å². The van der Waals surface area contributed by atoms with Crippen LogP contribution in [-0.2, 0) is 0 Å². The second kappa shape index (κ2) is 2.21. The van der Waals surface area contributed by atoms with Gasteiger partial charge in [-0.05, 0) is 24.3 Å². The first kappa shape index (κ1) is 6.62. The molecule has 1 nitrogen and oxygen atoms in total. The van der Waals surface area contributed by atoms with Gasteiger partial charge in [-0.2, -0.15) is 0 Å². The fourth-order valence-corrected chi connectivity index (χ4v) is 1.29. The molecule has 0 N–H and O–H groups in total. The van der Waals surface area contributed by atoms with E-state index in [1.54, 1.807) is 0 Å². The Morgan fingerprint density at radius 3 is 3.00 bits per heavy atom. The summed E-state index contributed by atoms with van der Waals surface area (Å²) < 4.78 is 0. The molecule has 0 aromatic heterocycles. The van der Waals surface area contributed by atoms with Crippen molar-refractivity contribution in [1.29, 1.82) is 0 Å². The molecule has 54 valence electrons. The van der Waals surface area contributed by atoms with Crippen LogP contribution in [0.5, 0.6) is 0 Å². The molecule has 0 unspecified atom stereocenters. The number of benzene rings is 1. The molecule has 1 aliphatic rings. The zero-order valence-corrected chi connectivity index (χ0v) is 6.60. The first-order valence-corrected chi connectivity index (χ1v) is 3.68.